The van der Waals surface area contributed by atoms with E-state index in [1.54, 1.807) is 48.1 Å². The first kappa shape index (κ1) is 20.8. The Kier molecular flexibility index (Phi) is 6.43. The molecule has 31 heavy (non-hydrogen) atoms. The largest absolute Gasteiger partial charge is 0.487 e. The van der Waals surface area contributed by atoms with Crippen molar-refractivity contribution in [1.82, 2.24) is 14.9 Å². The maximum absolute atomic E-state index is 13.1. The van der Waals surface area contributed by atoms with E-state index >= 15 is 0 Å². The van der Waals surface area contributed by atoms with Crippen molar-refractivity contribution < 1.29 is 9.53 Å². The first-order valence-electron chi connectivity index (χ1n) is 10.5. The van der Waals surface area contributed by atoms with E-state index in [1.165, 1.54) is 0 Å². The van der Waals surface area contributed by atoms with E-state index in [0.717, 1.165) is 31.6 Å². The Morgan fingerprint density at radius 1 is 1.16 bits per heavy atom. The SMILES string of the molecule is Cc1ccn(C2CCNCC2)c(=O)c1C(=O)Nc1ccc(OCc2ccccn2)cc1. The van der Waals surface area contributed by atoms with Gasteiger partial charge in [-0.25, -0.2) is 0 Å². The normalized spacial score (nSPS) is 14.2. The van der Waals surface area contributed by atoms with Crippen LogP contribution in [0, 0.1) is 6.92 Å². The van der Waals surface area contributed by atoms with E-state index in [9.17, 15) is 9.59 Å². The van der Waals surface area contributed by atoms with Gasteiger partial charge in [-0.3, -0.25) is 14.6 Å². The first-order valence-corrected chi connectivity index (χ1v) is 10.5. The number of rotatable bonds is 6. The number of nitrogens with zero attached hydrogens (tertiary/aromatic N) is 2. The number of benzene rings is 1. The molecule has 1 aliphatic heterocycles. The van der Waals surface area contributed by atoms with Crippen molar-refractivity contribution in [1.29, 1.82) is 0 Å². The number of carbonyl (C=O) groups is 1. The number of aryl methyl sites for hydroxylation is 1. The van der Waals surface area contributed by atoms with Crippen molar-refractivity contribution in [2.45, 2.75) is 32.4 Å². The molecule has 0 unspecified atom stereocenters. The highest BCUT2D eigenvalue weighted by Crippen LogP contribution is 2.19. The molecule has 1 fully saturated rings. The van der Waals surface area contributed by atoms with Crippen molar-refractivity contribution >= 4 is 11.6 Å². The number of anilines is 1. The van der Waals surface area contributed by atoms with Gasteiger partial charge in [0.2, 0.25) is 0 Å². The minimum atomic E-state index is -0.395. The number of hydrogen-bond acceptors (Lipinski definition) is 5. The van der Waals surface area contributed by atoms with Crippen molar-refractivity contribution in [2.24, 2.45) is 0 Å². The van der Waals surface area contributed by atoms with Crippen molar-refractivity contribution in [2.75, 3.05) is 18.4 Å². The molecule has 160 valence electrons. The molecular weight excluding hydrogens is 392 g/mol. The Labute approximate surface area is 181 Å². The summed E-state index contributed by atoms with van der Waals surface area (Å²) in [6.45, 7) is 3.91. The molecule has 0 bridgehead atoms. The van der Waals surface area contributed by atoms with Crippen molar-refractivity contribution in [3.05, 3.63) is 88.1 Å². The third-order valence-corrected chi connectivity index (χ3v) is 5.48. The number of ether oxygens (including phenoxy) is 1. The van der Waals surface area contributed by atoms with Gasteiger partial charge in [-0.05, 0) is 80.9 Å². The highest BCUT2D eigenvalue weighted by Gasteiger charge is 2.21. The first-order chi connectivity index (χ1) is 15.1. The van der Waals surface area contributed by atoms with Gasteiger partial charge in [-0.2, -0.15) is 0 Å². The zero-order valence-electron chi connectivity index (χ0n) is 17.5. The van der Waals surface area contributed by atoms with Gasteiger partial charge in [0.15, 0.2) is 0 Å². The summed E-state index contributed by atoms with van der Waals surface area (Å²) in [7, 11) is 0. The second-order valence-electron chi connectivity index (χ2n) is 7.66. The predicted octanol–water partition coefficient (Wildman–Crippen LogP) is 3.31. The zero-order chi connectivity index (χ0) is 21.6. The Morgan fingerprint density at radius 2 is 1.94 bits per heavy atom. The Hall–Kier alpha value is -3.45. The maximum atomic E-state index is 13.1. The number of aromatic nitrogens is 2. The Balaban J connectivity index is 1.45. The summed E-state index contributed by atoms with van der Waals surface area (Å²) in [6.07, 6.45) is 5.29. The molecule has 3 aromatic rings. The van der Waals surface area contributed by atoms with E-state index in [0.29, 0.717) is 23.6 Å². The molecule has 4 rings (SSSR count). The third kappa shape index (κ3) is 5.00. The topological polar surface area (TPSA) is 85.2 Å². The highest BCUT2D eigenvalue weighted by molar-refractivity contribution is 6.05. The Morgan fingerprint density at radius 3 is 2.65 bits per heavy atom. The van der Waals surface area contributed by atoms with Crippen LogP contribution in [0.3, 0.4) is 0 Å². The lowest BCUT2D eigenvalue weighted by molar-refractivity contribution is 0.102. The van der Waals surface area contributed by atoms with Gasteiger partial charge in [0.1, 0.15) is 17.9 Å². The summed E-state index contributed by atoms with van der Waals surface area (Å²) in [6, 6.07) is 14.7. The number of carbonyl (C=O) groups excluding carboxylic acids is 1. The lowest BCUT2D eigenvalue weighted by Gasteiger charge is -2.25. The second-order valence-corrected chi connectivity index (χ2v) is 7.66. The highest BCUT2D eigenvalue weighted by atomic mass is 16.5. The zero-order valence-corrected chi connectivity index (χ0v) is 17.5. The van der Waals surface area contributed by atoms with Crippen LogP contribution in [0.4, 0.5) is 5.69 Å². The number of amides is 1. The molecule has 1 saturated heterocycles. The third-order valence-electron chi connectivity index (χ3n) is 5.48. The van der Waals surface area contributed by atoms with Crippen LogP contribution >= 0.6 is 0 Å². The van der Waals surface area contributed by atoms with Crippen LogP contribution in [-0.2, 0) is 6.61 Å². The van der Waals surface area contributed by atoms with E-state index in [2.05, 4.69) is 15.6 Å². The smallest absolute Gasteiger partial charge is 0.263 e. The fourth-order valence-electron chi connectivity index (χ4n) is 3.76. The van der Waals surface area contributed by atoms with E-state index in [-0.39, 0.29) is 17.2 Å². The fourth-order valence-corrected chi connectivity index (χ4v) is 3.76. The molecule has 0 aliphatic carbocycles. The van der Waals surface area contributed by atoms with Crippen LogP contribution in [0.25, 0.3) is 0 Å². The molecule has 7 heteroatoms. The molecule has 0 radical (unpaired) electrons. The molecule has 2 N–H and O–H groups in total. The van der Waals surface area contributed by atoms with Gasteiger partial charge in [0.05, 0.1) is 5.69 Å². The summed E-state index contributed by atoms with van der Waals surface area (Å²) >= 11 is 0. The maximum Gasteiger partial charge on any atom is 0.263 e. The molecule has 1 aliphatic rings. The van der Waals surface area contributed by atoms with Gasteiger partial charge in [-0.1, -0.05) is 6.07 Å². The molecule has 1 amide bonds. The summed E-state index contributed by atoms with van der Waals surface area (Å²) in [4.78, 5) is 30.2. The molecule has 0 atom stereocenters. The van der Waals surface area contributed by atoms with Gasteiger partial charge in [-0.15, -0.1) is 0 Å². The minimum absolute atomic E-state index is 0.122. The lowest BCUT2D eigenvalue weighted by atomic mass is 10.0. The molecule has 3 heterocycles. The van der Waals surface area contributed by atoms with Crippen molar-refractivity contribution in [3.63, 3.8) is 0 Å². The number of nitrogens with one attached hydrogen (secondary N) is 2. The number of hydrogen-bond donors (Lipinski definition) is 2. The van der Waals surface area contributed by atoms with Crippen LogP contribution in [-0.4, -0.2) is 28.5 Å². The average Bonchev–Trinajstić information content (AvgIpc) is 2.80. The lowest BCUT2D eigenvalue weighted by Crippen LogP contribution is -2.37. The summed E-state index contributed by atoms with van der Waals surface area (Å²) < 4.78 is 7.43. The number of piperidine rings is 1. The van der Waals surface area contributed by atoms with Crippen LogP contribution in [0.2, 0.25) is 0 Å². The van der Waals surface area contributed by atoms with Crippen LogP contribution < -0.4 is 20.9 Å². The minimum Gasteiger partial charge on any atom is -0.487 e. The van der Waals surface area contributed by atoms with Crippen LogP contribution in [0.15, 0.2) is 65.7 Å². The molecule has 1 aromatic carbocycles. The quantitative estimate of drug-likeness (QED) is 0.642. The van der Waals surface area contributed by atoms with Gasteiger partial charge in [0.25, 0.3) is 11.5 Å². The van der Waals surface area contributed by atoms with E-state index < -0.39 is 5.91 Å². The molecule has 0 spiro atoms. The molecule has 7 nitrogen and oxygen atoms in total. The number of pyridine rings is 2. The van der Waals surface area contributed by atoms with Crippen LogP contribution in [0.1, 0.15) is 40.5 Å². The second kappa shape index (κ2) is 9.57. The Bertz CT molecular complexity index is 1090. The van der Waals surface area contributed by atoms with Gasteiger partial charge in [0, 0.05) is 24.1 Å². The average molecular weight is 418 g/mol. The summed E-state index contributed by atoms with van der Waals surface area (Å²) in [5, 5.41) is 6.14. The monoisotopic (exact) mass is 418 g/mol. The fraction of sp³-hybridized carbons (Fsp3) is 0.292. The van der Waals surface area contributed by atoms with E-state index in [1.807, 2.05) is 24.3 Å². The van der Waals surface area contributed by atoms with E-state index in [4.69, 9.17) is 4.74 Å². The predicted molar refractivity (Wildman–Crippen MR) is 120 cm³/mol. The van der Waals surface area contributed by atoms with Crippen LogP contribution in [0.5, 0.6) is 5.75 Å². The summed E-state index contributed by atoms with van der Waals surface area (Å²) in [5.41, 5.74) is 2.06. The van der Waals surface area contributed by atoms with Crippen molar-refractivity contribution in [3.8, 4) is 5.75 Å². The van der Waals surface area contributed by atoms with Gasteiger partial charge < -0.3 is 19.9 Å². The molecule has 2 aromatic heterocycles. The summed E-state index contributed by atoms with van der Waals surface area (Å²) in [5.74, 6) is 0.278. The molecule has 0 saturated carbocycles. The molecular formula is C24H26N4O3. The van der Waals surface area contributed by atoms with Gasteiger partial charge >= 0.3 is 0 Å². The standard InChI is InChI=1S/C24H26N4O3/c1-17-11-15-28(20-9-13-25-14-10-20)24(30)22(17)23(29)27-18-5-7-21(8-6-18)31-16-19-4-2-3-12-26-19/h2-8,11-12,15,20,25H,9-10,13-14,16H2,1H3,(H,27,29).